The first kappa shape index (κ1) is 15.6. The molecule has 1 fully saturated rings. The minimum absolute atomic E-state index is 0.203. The number of para-hydroxylation sites is 1. The van der Waals surface area contributed by atoms with Crippen LogP contribution in [0.5, 0.6) is 5.75 Å². The van der Waals surface area contributed by atoms with E-state index in [2.05, 4.69) is 33.4 Å². The average molecular weight is 325 g/mol. The molecule has 0 amide bonds. The minimum atomic E-state index is -0.203. The van der Waals surface area contributed by atoms with E-state index in [1.165, 1.54) is 11.1 Å². The summed E-state index contributed by atoms with van der Waals surface area (Å²) in [6, 6.07) is 12.4. The van der Waals surface area contributed by atoms with Crippen LogP contribution in [-0.4, -0.2) is 49.3 Å². The number of nitrogens with zero attached hydrogens (tertiary/aromatic N) is 2. The predicted molar refractivity (Wildman–Crippen MR) is 92.1 cm³/mol. The third kappa shape index (κ3) is 3.43. The van der Waals surface area contributed by atoms with E-state index in [0.717, 1.165) is 57.3 Å². The topological polar surface area (TPSA) is 46.6 Å². The van der Waals surface area contributed by atoms with Gasteiger partial charge in [0.1, 0.15) is 5.75 Å². The zero-order valence-corrected chi connectivity index (χ0v) is 13.8. The first-order chi connectivity index (χ1) is 11.9. The van der Waals surface area contributed by atoms with Gasteiger partial charge in [-0.1, -0.05) is 24.3 Å². The number of benzene rings is 1. The molecule has 1 unspecified atom stereocenters. The summed E-state index contributed by atoms with van der Waals surface area (Å²) in [5.41, 5.74) is 3.44. The van der Waals surface area contributed by atoms with Crippen LogP contribution in [0.4, 0.5) is 0 Å². The Morgan fingerprint density at radius 1 is 1.08 bits per heavy atom. The van der Waals surface area contributed by atoms with Gasteiger partial charge in [-0.15, -0.1) is 0 Å². The summed E-state index contributed by atoms with van der Waals surface area (Å²) in [5.74, 6) is 0.944. The van der Waals surface area contributed by atoms with Crippen molar-refractivity contribution < 1.29 is 9.47 Å². The lowest BCUT2D eigenvalue weighted by molar-refractivity contribution is 0.0362. The Morgan fingerprint density at radius 3 is 2.83 bits per heavy atom. The van der Waals surface area contributed by atoms with Crippen LogP contribution in [-0.2, 0) is 11.2 Å². The van der Waals surface area contributed by atoms with E-state index in [-0.39, 0.29) is 6.23 Å². The molecule has 3 heterocycles. The van der Waals surface area contributed by atoms with Crippen LogP contribution in [0.15, 0.2) is 42.6 Å². The van der Waals surface area contributed by atoms with Crippen LogP contribution < -0.4 is 10.1 Å². The molecule has 1 N–H and O–H groups in total. The lowest BCUT2D eigenvalue weighted by Gasteiger charge is -2.27. The van der Waals surface area contributed by atoms with Crippen molar-refractivity contribution in [1.29, 1.82) is 0 Å². The van der Waals surface area contributed by atoms with Gasteiger partial charge in [-0.25, -0.2) is 0 Å². The molecule has 126 valence electrons. The number of ether oxygens (including phenoxy) is 2. The number of pyridine rings is 1. The number of nitrogens with one attached hydrogen (secondary N) is 1. The molecule has 2 aliphatic rings. The number of hydrogen-bond donors (Lipinski definition) is 1. The van der Waals surface area contributed by atoms with Crippen LogP contribution >= 0.6 is 0 Å². The number of rotatable bonds is 4. The van der Waals surface area contributed by atoms with Crippen molar-refractivity contribution in [1.82, 2.24) is 15.2 Å². The first-order valence-corrected chi connectivity index (χ1v) is 8.62. The first-order valence-electron chi connectivity index (χ1n) is 8.62. The molecule has 2 aliphatic heterocycles. The summed E-state index contributed by atoms with van der Waals surface area (Å²) in [6.07, 6.45) is 2.50. The largest absolute Gasteiger partial charge is 0.469 e. The minimum Gasteiger partial charge on any atom is -0.469 e. The van der Waals surface area contributed by atoms with Crippen LogP contribution in [0.3, 0.4) is 0 Å². The monoisotopic (exact) mass is 325 g/mol. The van der Waals surface area contributed by atoms with Crippen LogP contribution in [0, 0.1) is 0 Å². The summed E-state index contributed by atoms with van der Waals surface area (Å²) < 4.78 is 11.7. The van der Waals surface area contributed by atoms with Crippen LogP contribution in [0.25, 0.3) is 0 Å². The molecule has 5 nitrogen and oxygen atoms in total. The molecule has 0 bridgehead atoms. The van der Waals surface area contributed by atoms with E-state index < -0.39 is 0 Å². The number of fused-ring (bicyclic) bond motifs is 2. The third-order valence-corrected chi connectivity index (χ3v) is 4.63. The fourth-order valence-electron chi connectivity index (χ4n) is 3.31. The summed E-state index contributed by atoms with van der Waals surface area (Å²) in [5, 5.41) is 3.54. The van der Waals surface area contributed by atoms with Gasteiger partial charge in [-0.2, -0.15) is 0 Å². The van der Waals surface area contributed by atoms with E-state index in [4.69, 9.17) is 9.47 Å². The van der Waals surface area contributed by atoms with Gasteiger partial charge in [0, 0.05) is 38.8 Å². The number of aromatic nitrogens is 1. The summed E-state index contributed by atoms with van der Waals surface area (Å²) >= 11 is 0. The molecule has 1 atom stereocenters. The van der Waals surface area contributed by atoms with E-state index in [1.807, 2.05) is 24.4 Å². The highest BCUT2D eigenvalue weighted by Gasteiger charge is 2.24. The highest BCUT2D eigenvalue weighted by molar-refractivity contribution is 5.41. The van der Waals surface area contributed by atoms with E-state index in [0.29, 0.717) is 0 Å². The lowest BCUT2D eigenvalue weighted by Crippen LogP contribution is -2.41. The Kier molecular flexibility index (Phi) is 4.74. The smallest absolute Gasteiger partial charge is 0.193 e. The molecular weight excluding hydrogens is 302 g/mol. The second-order valence-corrected chi connectivity index (χ2v) is 6.24. The highest BCUT2D eigenvalue weighted by Crippen LogP contribution is 2.31. The van der Waals surface area contributed by atoms with Gasteiger partial charge in [0.2, 0.25) is 0 Å². The fourth-order valence-corrected chi connectivity index (χ4v) is 3.31. The molecular formula is C19H23N3O2. The van der Waals surface area contributed by atoms with Crippen molar-refractivity contribution in [3.63, 3.8) is 0 Å². The van der Waals surface area contributed by atoms with Crippen LogP contribution in [0.2, 0.25) is 0 Å². The van der Waals surface area contributed by atoms with E-state index in [9.17, 15) is 0 Å². The van der Waals surface area contributed by atoms with Gasteiger partial charge >= 0.3 is 0 Å². The maximum Gasteiger partial charge on any atom is 0.193 e. The van der Waals surface area contributed by atoms with Crippen molar-refractivity contribution in [2.45, 2.75) is 12.6 Å². The number of morpholine rings is 1. The molecule has 0 radical (unpaired) electrons. The zero-order chi connectivity index (χ0) is 16.2. The molecule has 1 aromatic carbocycles. The molecule has 0 spiro atoms. The van der Waals surface area contributed by atoms with Gasteiger partial charge in [0.05, 0.1) is 18.9 Å². The fraction of sp³-hybridized carbons (Fsp3) is 0.421. The van der Waals surface area contributed by atoms with Gasteiger partial charge in [0.25, 0.3) is 0 Å². The van der Waals surface area contributed by atoms with E-state index in [1.54, 1.807) is 0 Å². The SMILES string of the molecule is c1ccc2c(c1)Cc1cccnc1C(NCCN1CCOCC1)O2. The molecule has 4 rings (SSSR count). The standard InChI is InChI=1S/C19H23N3O2/c1-2-6-17-15(4-1)14-16-5-3-7-20-18(16)19(24-17)21-8-9-22-10-12-23-13-11-22/h1-7,19,21H,8-14H2. The number of hydrogen-bond acceptors (Lipinski definition) is 5. The maximum absolute atomic E-state index is 6.26. The molecule has 2 aromatic rings. The molecule has 5 heteroatoms. The quantitative estimate of drug-likeness (QED) is 0.931. The van der Waals surface area contributed by atoms with Crippen LogP contribution in [0.1, 0.15) is 23.0 Å². The predicted octanol–water partition coefficient (Wildman–Crippen LogP) is 1.99. The molecule has 24 heavy (non-hydrogen) atoms. The lowest BCUT2D eigenvalue weighted by atomic mass is 10.0. The van der Waals surface area contributed by atoms with Crippen molar-refractivity contribution in [2.24, 2.45) is 0 Å². The Labute approximate surface area is 142 Å². The highest BCUT2D eigenvalue weighted by atomic mass is 16.5. The maximum atomic E-state index is 6.26. The Balaban J connectivity index is 1.48. The summed E-state index contributed by atoms with van der Waals surface area (Å²) in [6.45, 7) is 5.53. The molecule has 0 aliphatic carbocycles. The van der Waals surface area contributed by atoms with Gasteiger partial charge < -0.3 is 9.47 Å². The normalized spacial score (nSPS) is 20.6. The average Bonchev–Trinajstić information content (AvgIpc) is 2.79. The van der Waals surface area contributed by atoms with Crippen molar-refractivity contribution in [3.8, 4) is 5.75 Å². The van der Waals surface area contributed by atoms with Crippen molar-refractivity contribution >= 4 is 0 Å². The van der Waals surface area contributed by atoms with Gasteiger partial charge in [0.15, 0.2) is 6.23 Å². The summed E-state index contributed by atoms with van der Waals surface area (Å²) in [7, 11) is 0. The second kappa shape index (κ2) is 7.30. The zero-order valence-electron chi connectivity index (χ0n) is 13.8. The van der Waals surface area contributed by atoms with Gasteiger partial charge in [-0.3, -0.25) is 15.2 Å². The Morgan fingerprint density at radius 2 is 1.92 bits per heavy atom. The van der Waals surface area contributed by atoms with Gasteiger partial charge in [-0.05, 0) is 23.3 Å². The van der Waals surface area contributed by atoms with Crippen molar-refractivity contribution in [2.75, 3.05) is 39.4 Å². The third-order valence-electron chi connectivity index (χ3n) is 4.63. The second-order valence-electron chi connectivity index (χ2n) is 6.24. The Bertz CT molecular complexity index is 686. The molecule has 1 aromatic heterocycles. The van der Waals surface area contributed by atoms with E-state index >= 15 is 0 Å². The summed E-state index contributed by atoms with van der Waals surface area (Å²) in [4.78, 5) is 7.01. The molecule has 0 saturated carbocycles. The van der Waals surface area contributed by atoms with Crippen molar-refractivity contribution in [3.05, 3.63) is 59.4 Å². The molecule has 1 saturated heterocycles. The Hall–Kier alpha value is -1.95.